The van der Waals surface area contributed by atoms with Gasteiger partial charge in [-0.2, -0.15) is 4.31 Å². The van der Waals surface area contributed by atoms with E-state index in [-0.39, 0.29) is 23.7 Å². The number of sulfone groups is 1. The second-order valence-electron chi connectivity index (χ2n) is 6.53. The lowest BCUT2D eigenvalue weighted by atomic mass is 10.1. The van der Waals surface area contributed by atoms with E-state index in [9.17, 15) is 16.8 Å². The van der Waals surface area contributed by atoms with Crippen LogP contribution in [0.25, 0.3) is 0 Å². The molecule has 6 nitrogen and oxygen atoms in total. The van der Waals surface area contributed by atoms with Gasteiger partial charge in [-0.15, -0.1) is 0 Å². The highest BCUT2D eigenvalue weighted by Gasteiger charge is 2.44. The van der Waals surface area contributed by atoms with Gasteiger partial charge in [-0.3, -0.25) is 0 Å². The summed E-state index contributed by atoms with van der Waals surface area (Å²) >= 11 is 0. The van der Waals surface area contributed by atoms with Crippen molar-refractivity contribution in [3.8, 4) is 0 Å². The van der Waals surface area contributed by atoms with Crippen LogP contribution >= 0.6 is 0 Å². The summed E-state index contributed by atoms with van der Waals surface area (Å²) in [5.74, 6) is 0.160. The van der Waals surface area contributed by atoms with E-state index in [2.05, 4.69) is 0 Å². The molecule has 0 bridgehead atoms. The third-order valence-corrected chi connectivity index (χ3v) is 8.63. The number of sulfonamides is 1. The van der Waals surface area contributed by atoms with Gasteiger partial charge in [0.15, 0.2) is 9.84 Å². The first-order valence-corrected chi connectivity index (χ1v) is 11.1. The monoisotopic (exact) mass is 383 g/mol. The Morgan fingerprint density at radius 3 is 2.28 bits per heavy atom. The first-order chi connectivity index (χ1) is 11.6. The Morgan fingerprint density at radius 1 is 1.04 bits per heavy atom. The van der Waals surface area contributed by atoms with Crippen LogP contribution < -0.4 is 0 Å². The molecule has 3 rings (SSSR count). The summed E-state index contributed by atoms with van der Waals surface area (Å²) in [5, 5.41) is -0.695. The van der Waals surface area contributed by atoms with Crippen LogP contribution in [0.3, 0.4) is 0 Å². The Balaban J connectivity index is 1.76. The van der Waals surface area contributed by atoms with E-state index in [1.54, 1.807) is 25.1 Å². The zero-order valence-corrected chi connectivity index (χ0v) is 16.0. The molecule has 0 saturated carbocycles. The zero-order chi connectivity index (χ0) is 18.4. The summed E-state index contributed by atoms with van der Waals surface area (Å²) in [6.45, 7) is 5.51. The van der Waals surface area contributed by atoms with Crippen LogP contribution in [0.15, 0.2) is 39.8 Å². The quantitative estimate of drug-likeness (QED) is 0.790. The molecule has 136 valence electrons. The molecule has 0 atom stereocenters. The Labute approximate surface area is 148 Å². The van der Waals surface area contributed by atoms with Gasteiger partial charge in [-0.1, -0.05) is 6.07 Å². The van der Waals surface area contributed by atoms with Crippen molar-refractivity contribution in [2.24, 2.45) is 0 Å². The molecule has 25 heavy (non-hydrogen) atoms. The summed E-state index contributed by atoms with van der Waals surface area (Å²) in [5.41, 5.74) is 2.59. The van der Waals surface area contributed by atoms with Gasteiger partial charge in [-0.05, 0) is 55.7 Å². The smallest absolute Gasteiger partial charge is 0.243 e. The predicted molar refractivity (Wildman–Crippen MR) is 94.5 cm³/mol. The lowest BCUT2D eigenvalue weighted by Crippen LogP contribution is -2.56. The van der Waals surface area contributed by atoms with Crippen LogP contribution in [0.1, 0.15) is 22.5 Å². The average molecular weight is 383 g/mol. The number of aryl methyl sites for hydroxylation is 3. The van der Waals surface area contributed by atoms with Crippen LogP contribution in [0.5, 0.6) is 0 Å². The largest absolute Gasteiger partial charge is 0.468 e. The highest BCUT2D eigenvalue weighted by molar-refractivity contribution is 7.92. The number of furan rings is 1. The second kappa shape index (κ2) is 6.26. The summed E-state index contributed by atoms with van der Waals surface area (Å²) < 4.78 is 56.7. The van der Waals surface area contributed by atoms with Crippen molar-refractivity contribution < 1.29 is 21.3 Å². The van der Waals surface area contributed by atoms with Gasteiger partial charge in [0.25, 0.3) is 0 Å². The van der Waals surface area contributed by atoms with Gasteiger partial charge in [-0.25, -0.2) is 16.8 Å². The van der Waals surface area contributed by atoms with Crippen molar-refractivity contribution in [1.29, 1.82) is 0 Å². The van der Waals surface area contributed by atoms with Crippen LogP contribution in [-0.2, 0) is 25.6 Å². The molecule has 0 amide bonds. The van der Waals surface area contributed by atoms with Gasteiger partial charge >= 0.3 is 0 Å². The maximum atomic E-state index is 12.8. The van der Waals surface area contributed by atoms with Gasteiger partial charge in [0.05, 0.1) is 16.4 Å². The minimum absolute atomic E-state index is 0.0161. The maximum absolute atomic E-state index is 12.8. The Hall–Kier alpha value is -1.64. The Bertz CT molecular complexity index is 986. The fourth-order valence-electron chi connectivity index (χ4n) is 2.89. The molecule has 1 aliphatic heterocycles. The first-order valence-electron chi connectivity index (χ1n) is 7.93. The molecule has 8 heteroatoms. The van der Waals surface area contributed by atoms with Crippen LogP contribution in [0.4, 0.5) is 0 Å². The maximum Gasteiger partial charge on any atom is 0.243 e. The number of hydrogen-bond donors (Lipinski definition) is 0. The van der Waals surface area contributed by atoms with Crippen molar-refractivity contribution >= 4 is 19.9 Å². The zero-order valence-electron chi connectivity index (χ0n) is 14.4. The molecular formula is C17H21NO5S2. The molecule has 1 saturated heterocycles. The van der Waals surface area contributed by atoms with Crippen LogP contribution in [0, 0.1) is 20.8 Å². The number of rotatable bonds is 5. The summed E-state index contributed by atoms with van der Waals surface area (Å²) in [6.07, 6.45) is 1.42. The van der Waals surface area contributed by atoms with E-state index in [0.29, 0.717) is 11.3 Å². The molecular weight excluding hydrogens is 362 g/mol. The molecule has 0 N–H and O–H groups in total. The van der Waals surface area contributed by atoms with Crippen LogP contribution in [-0.4, -0.2) is 39.5 Å². The average Bonchev–Trinajstić information content (AvgIpc) is 2.92. The summed E-state index contributed by atoms with van der Waals surface area (Å²) in [4.78, 5) is 0.248. The Morgan fingerprint density at radius 2 is 1.68 bits per heavy atom. The molecule has 2 heterocycles. The van der Waals surface area contributed by atoms with E-state index >= 15 is 0 Å². The molecule has 1 fully saturated rings. The number of benzene rings is 1. The summed E-state index contributed by atoms with van der Waals surface area (Å²) in [6, 6.07) is 6.73. The van der Waals surface area contributed by atoms with Crippen LogP contribution in [0.2, 0.25) is 0 Å². The molecule has 1 aliphatic rings. The molecule has 0 unspecified atom stereocenters. The van der Waals surface area contributed by atoms with E-state index in [1.807, 2.05) is 19.9 Å². The van der Waals surface area contributed by atoms with Crippen molar-refractivity contribution in [3.63, 3.8) is 0 Å². The van der Waals surface area contributed by atoms with Gasteiger partial charge in [0.2, 0.25) is 10.0 Å². The lowest BCUT2D eigenvalue weighted by molar-refractivity contribution is 0.309. The van der Waals surface area contributed by atoms with Crippen molar-refractivity contribution in [2.45, 2.75) is 36.7 Å². The van der Waals surface area contributed by atoms with E-state index < -0.39 is 25.1 Å². The van der Waals surface area contributed by atoms with Crippen molar-refractivity contribution in [2.75, 3.05) is 13.1 Å². The van der Waals surface area contributed by atoms with E-state index in [1.165, 1.54) is 10.6 Å². The molecule has 1 aromatic heterocycles. The first kappa shape index (κ1) is 18.2. The highest BCUT2D eigenvalue weighted by Crippen LogP contribution is 2.29. The second-order valence-corrected chi connectivity index (χ2v) is 10.7. The normalized spacial score (nSPS) is 16.8. The van der Waals surface area contributed by atoms with E-state index in [0.717, 1.165) is 11.1 Å². The lowest BCUT2D eigenvalue weighted by Gasteiger charge is -2.37. The van der Waals surface area contributed by atoms with Gasteiger partial charge in [0.1, 0.15) is 11.5 Å². The fourth-order valence-corrected chi connectivity index (χ4v) is 6.51. The molecule has 1 aromatic carbocycles. The fraction of sp³-hybridized carbons (Fsp3) is 0.412. The predicted octanol–water partition coefficient (Wildman–Crippen LogP) is 2.19. The van der Waals surface area contributed by atoms with Gasteiger partial charge in [0, 0.05) is 13.1 Å². The van der Waals surface area contributed by atoms with Gasteiger partial charge < -0.3 is 4.42 Å². The molecule has 0 aliphatic carbocycles. The third kappa shape index (κ3) is 3.38. The van der Waals surface area contributed by atoms with E-state index in [4.69, 9.17) is 4.42 Å². The standard InChI is InChI=1S/C17H21NO5S2/c1-12-7-14(3)17(8-13(12)2)25(21,22)18-9-16(10-18)24(19,20)11-15-5-4-6-23-15/h4-8,16H,9-11H2,1-3H3. The van der Waals surface area contributed by atoms with Crippen molar-refractivity contribution in [3.05, 3.63) is 53.0 Å². The number of hydrogen-bond acceptors (Lipinski definition) is 5. The summed E-state index contributed by atoms with van der Waals surface area (Å²) in [7, 11) is -7.13. The topological polar surface area (TPSA) is 84.7 Å². The minimum atomic E-state index is -3.68. The Kier molecular flexibility index (Phi) is 4.55. The van der Waals surface area contributed by atoms with Crippen molar-refractivity contribution in [1.82, 2.24) is 4.31 Å². The highest BCUT2D eigenvalue weighted by atomic mass is 32.2. The number of nitrogens with zero attached hydrogens (tertiary/aromatic N) is 1. The SMILES string of the molecule is Cc1cc(C)c(S(=O)(=O)N2CC(S(=O)(=O)Cc3ccco3)C2)cc1C. The molecule has 2 aromatic rings. The minimum Gasteiger partial charge on any atom is -0.468 e. The molecule has 0 spiro atoms. The molecule has 0 radical (unpaired) electrons. The third-order valence-electron chi connectivity index (χ3n) is 4.66.